The molecule has 1 N–H and O–H groups in total. The van der Waals surface area contributed by atoms with Crippen molar-refractivity contribution in [2.75, 3.05) is 26.2 Å². The molecule has 0 aliphatic carbocycles. The maximum atomic E-state index is 4.27. The maximum absolute atomic E-state index is 4.27. The van der Waals surface area contributed by atoms with Crippen molar-refractivity contribution in [3.8, 4) is 0 Å². The molecule has 2 rings (SSSR count). The minimum atomic E-state index is 0. The van der Waals surface area contributed by atoms with E-state index in [1.54, 1.807) is 0 Å². The summed E-state index contributed by atoms with van der Waals surface area (Å²) in [4.78, 5) is 6.87. The molecule has 0 radical (unpaired) electrons. The van der Waals surface area contributed by atoms with Gasteiger partial charge in [0.2, 0.25) is 0 Å². The van der Waals surface area contributed by atoms with Crippen LogP contribution < -0.4 is 5.32 Å². The van der Waals surface area contributed by atoms with Crippen LogP contribution in [0.4, 0.5) is 0 Å². The van der Waals surface area contributed by atoms with Crippen molar-refractivity contribution in [3.05, 3.63) is 30.1 Å². The van der Waals surface area contributed by atoms with Crippen LogP contribution in [0.25, 0.3) is 0 Å². The Morgan fingerprint density at radius 1 is 1.32 bits per heavy atom. The van der Waals surface area contributed by atoms with E-state index < -0.39 is 0 Å². The molecule has 1 aliphatic rings. The molecule has 3 nitrogen and oxygen atoms in total. The van der Waals surface area contributed by atoms with Gasteiger partial charge >= 0.3 is 0 Å². The lowest BCUT2D eigenvalue weighted by Gasteiger charge is -2.38. The predicted molar refractivity (Wildman–Crippen MR) is 85.4 cm³/mol. The van der Waals surface area contributed by atoms with Gasteiger partial charge in [-0.05, 0) is 17.5 Å². The Balaban J connectivity index is 0.00000162. The van der Waals surface area contributed by atoms with Crippen molar-refractivity contribution >= 4 is 24.8 Å². The summed E-state index contributed by atoms with van der Waals surface area (Å²) in [7, 11) is 0. The second kappa shape index (κ2) is 9.54. The van der Waals surface area contributed by atoms with Crippen molar-refractivity contribution < 1.29 is 0 Å². The molecule has 1 unspecified atom stereocenters. The third-order valence-electron chi connectivity index (χ3n) is 3.75. The Morgan fingerprint density at radius 2 is 2.00 bits per heavy atom. The average Bonchev–Trinajstić information content (AvgIpc) is 2.41. The standard InChI is InChI=1S/C14H23N3.2ClH/c1-3-12(2)14(13-5-4-6-16-11-13)17-9-7-15-8-10-17;;/h4-6,11-12,14-15H,3,7-10H2,1-2H3;2*1H/t12?,14-;;/m1../s1. The number of aromatic nitrogens is 1. The van der Waals surface area contributed by atoms with Gasteiger partial charge in [-0.15, -0.1) is 24.8 Å². The highest BCUT2D eigenvalue weighted by Gasteiger charge is 2.26. The summed E-state index contributed by atoms with van der Waals surface area (Å²) in [5.74, 6) is 0.678. The van der Waals surface area contributed by atoms with E-state index in [2.05, 4.69) is 35.1 Å². The van der Waals surface area contributed by atoms with Gasteiger partial charge < -0.3 is 5.32 Å². The molecule has 1 aromatic heterocycles. The molecule has 0 aromatic carbocycles. The molecule has 5 heteroatoms. The summed E-state index contributed by atoms with van der Waals surface area (Å²) < 4.78 is 0. The first kappa shape index (κ1) is 18.7. The fourth-order valence-corrected chi connectivity index (χ4v) is 2.63. The van der Waals surface area contributed by atoms with Crippen LogP contribution in [-0.4, -0.2) is 36.1 Å². The number of nitrogens with one attached hydrogen (secondary N) is 1. The smallest absolute Gasteiger partial charge is 0.0389 e. The highest BCUT2D eigenvalue weighted by molar-refractivity contribution is 5.85. The van der Waals surface area contributed by atoms with E-state index in [1.807, 2.05) is 18.5 Å². The average molecular weight is 306 g/mol. The first-order chi connectivity index (χ1) is 8.33. The van der Waals surface area contributed by atoms with Crippen LogP contribution in [0.1, 0.15) is 31.9 Å². The van der Waals surface area contributed by atoms with Crippen molar-refractivity contribution in [1.29, 1.82) is 0 Å². The molecule has 2 atom stereocenters. The largest absolute Gasteiger partial charge is 0.314 e. The number of pyridine rings is 1. The third-order valence-corrected chi connectivity index (χ3v) is 3.75. The van der Waals surface area contributed by atoms with E-state index in [-0.39, 0.29) is 24.8 Å². The molecular formula is C14H25Cl2N3. The van der Waals surface area contributed by atoms with E-state index in [0.717, 1.165) is 26.2 Å². The summed E-state index contributed by atoms with van der Waals surface area (Å²) in [6.45, 7) is 9.12. The van der Waals surface area contributed by atoms with E-state index in [9.17, 15) is 0 Å². The summed E-state index contributed by atoms with van der Waals surface area (Å²) in [6, 6.07) is 4.79. The Bertz CT molecular complexity index is 329. The lowest BCUT2D eigenvalue weighted by molar-refractivity contribution is 0.128. The van der Waals surface area contributed by atoms with Crippen LogP contribution in [0, 0.1) is 5.92 Å². The van der Waals surface area contributed by atoms with Crippen molar-refractivity contribution in [3.63, 3.8) is 0 Å². The Kier molecular flexibility index (Phi) is 9.36. The van der Waals surface area contributed by atoms with Crippen LogP contribution in [0.15, 0.2) is 24.5 Å². The van der Waals surface area contributed by atoms with E-state index in [4.69, 9.17) is 0 Å². The summed E-state index contributed by atoms with van der Waals surface area (Å²) >= 11 is 0. The quantitative estimate of drug-likeness (QED) is 0.927. The molecule has 110 valence electrons. The zero-order valence-corrected chi connectivity index (χ0v) is 13.3. The van der Waals surface area contributed by atoms with Crippen LogP contribution >= 0.6 is 24.8 Å². The van der Waals surface area contributed by atoms with E-state index in [1.165, 1.54) is 12.0 Å². The van der Waals surface area contributed by atoms with Gasteiger partial charge in [0.25, 0.3) is 0 Å². The SMILES string of the molecule is CCC(C)[C@H](c1cccnc1)N1CCNCC1.Cl.Cl. The molecule has 1 saturated heterocycles. The zero-order valence-electron chi connectivity index (χ0n) is 11.7. The molecule has 0 bridgehead atoms. The number of nitrogens with zero attached hydrogens (tertiary/aromatic N) is 2. The fourth-order valence-electron chi connectivity index (χ4n) is 2.63. The highest BCUT2D eigenvalue weighted by Crippen LogP contribution is 2.30. The number of piperazine rings is 1. The van der Waals surface area contributed by atoms with Gasteiger partial charge in [0.05, 0.1) is 0 Å². The van der Waals surface area contributed by atoms with Gasteiger partial charge in [-0.25, -0.2) is 0 Å². The van der Waals surface area contributed by atoms with Crippen molar-refractivity contribution in [2.24, 2.45) is 5.92 Å². The summed E-state index contributed by atoms with van der Waals surface area (Å²) in [6.07, 6.45) is 5.09. The molecule has 1 fully saturated rings. The first-order valence-electron chi connectivity index (χ1n) is 6.67. The number of halogens is 2. The van der Waals surface area contributed by atoms with Crippen molar-refractivity contribution in [1.82, 2.24) is 15.2 Å². The van der Waals surface area contributed by atoms with Crippen LogP contribution in [-0.2, 0) is 0 Å². The molecule has 0 amide bonds. The molecule has 19 heavy (non-hydrogen) atoms. The second-order valence-corrected chi connectivity index (χ2v) is 4.90. The predicted octanol–water partition coefficient (Wildman–Crippen LogP) is 2.92. The van der Waals surface area contributed by atoms with Gasteiger partial charge in [0.15, 0.2) is 0 Å². The fraction of sp³-hybridized carbons (Fsp3) is 0.643. The number of hydrogen-bond acceptors (Lipinski definition) is 3. The minimum absolute atomic E-state index is 0. The Labute approximate surface area is 129 Å². The number of rotatable bonds is 4. The van der Waals surface area contributed by atoms with Gasteiger partial charge in [-0.3, -0.25) is 9.88 Å². The van der Waals surface area contributed by atoms with Crippen LogP contribution in [0.2, 0.25) is 0 Å². The van der Waals surface area contributed by atoms with Crippen LogP contribution in [0.3, 0.4) is 0 Å². The molecule has 1 aromatic rings. The Hall–Kier alpha value is -0.350. The first-order valence-corrected chi connectivity index (χ1v) is 6.67. The molecular weight excluding hydrogens is 281 g/mol. The van der Waals surface area contributed by atoms with E-state index >= 15 is 0 Å². The van der Waals surface area contributed by atoms with Crippen molar-refractivity contribution in [2.45, 2.75) is 26.3 Å². The normalized spacial score (nSPS) is 18.8. The third kappa shape index (κ3) is 4.92. The van der Waals surface area contributed by atoms with Gasteiger partial charge in [0, 0.05) is 44.6 Å². The van der Waals surface area contributed by atoms with E-state index in [0.29, 0.717) is 12.0 Å². The highest BCUT2D eigenvalue weighted by atomic mass is 35.5. The topological polar surface area (TPSA) is 28.2 Å². The molecule has 2 heterocycles. The van der Waals surface area contributed by atoms with Gasteiger partial charge in [-0.2, -0.15) is 0 Å². The lowest BCUT2D eigenvalue weighted by atomic mass is 9.91. The van der Waals surface area contributed by atoms with Crippen LogP contribution in [0.5, 0.6) is 0 Å². The zero-order chi connectivity index (χ0) is 12.1. The molecule has 0 saturated carbocycles. The summed E-state index contributed by atoms with van der Waals surface area (Å²) in [5, 5.41) is 3.42. The minimum Gasteiger partial charge on any atom is -0.314 e. The maximum Gasteiger partial charge on any atom is 0.0389 e. The summed E-state index contributed by atoms with van der Waals surface area (Å²) in [5.41, 5.74) is 1.36. The monoisotopic (exact) mass is 305 g/mol. The second-order valence-electron chi connectivity index (χ2n) is 4.90. The van der Waals surface area contributed by atoms with Gasteiger partial charge in [0.1, 0.15) is 0 Å². The Morgan fingerprint density at radius 3 is 2.53 bits per heavy atom. The molecule has 0 spiro atoms. The number of hydrogen-bond donors (Lipinski definition) is 1. The lowest BCUT2D eigenvalue weighted by Crippen LogP contribution is -2.46. The molecule has 1 aliphatic heterocycles. The van der Waals surface area contributed by atoms with Gasteiger partial charge in [-0.1, -0.05) is 26.3 Å².